The standard InChI is InChI=1S/C57H35N7O2S/c1-57(2)43-30-35(24-27-53(43)67(65,66)54-28-25-36(31-44(54)57)62-47-18-8-3-13-37(47)38-14-4-9-19-48(38)62)34-23-26-52-42(29-34)41-17-7-12-22-51(41)64(52)56-55(60-45(32-58)46(33-59)61-56)63-49-20-10-5-15-39(49)40-16-6-11-21-50(40)63/h3-31H,1-2H3. The Kier molecular flexibility index (Phi) is 7.98. The minimum absolute atomic E-state index is 0.0610. The first-order valence-corrected chi connectivity index (χ1v) is 23.4. The molecule has 0 saturated carbocycles. The van der Waals surface area contributed by atoms with Gasteiger partial charge < -0.3 is 4.57 Å². The van der Waals surface area contributed by atoms with Crippen LogP contribution in [-0.4, -0.2) is 32.1 Å². The minimum Gasteiger partial charge on any atom is -0.309 e. The molecule has 9 nitrogen and oxygen atoms in total. The molecule has 0 fully saturated rings. The van der Waals surface area contributed by atoms with Crippen molar-refractivity contribution in [3.8, 4) is 40.6 Å². The van der Waals surface area contributed by atoms with E-state index in [-0.39, 0.29) is 11.4 Å². The average molecular weight is 882 g/mol. The first-order chi connectivity index (χ1) is 32.7. The summed E-state index contributed by atoms with van der Waals surface area (Å²) in [6, 6.07) is 62.7. The average Bonchev–Trinajstić information content (AvgIpc) is 4.01. The lowest BCUT2D eigenvalue weighted by Gasteiger charge is -2.35. The lowest BCUT2D eigenvalue weighted by atomic mass is 9.76. The van der Waals surface area contributed by atoms with Crippen LogP contribution in [0.5, 0.6) is 0 Å². The van der Waals surface area contributed by atoms with Gasteiger partial charge in [-0.25, -0.2) is 18.4 Å². The highest BCUT2D eigenvalue weighted by molar-refractivity contribution is 7.91. The summed E-state index contributed by atoms with van der Waals surface area (Å²) in [5, 5.41) is 26.8. The fourth-order valence-electron chi connectivity index (χ4n) is 10.7. The summed E-state index contributed by atoms with van der Waals surface area (Å²) in [6.45, 7) is 4.22. The molecule has 0 N–H and O–H groups in total. The van der Waals surface area contributed by atoms with Crippen molar-refractivity contribution < 1.29 is 8.42 Å². The van der Waals surface area contributed by atoms with Gasteiger partial charge in [0.25, 0.3) is 0 Å². The molecule has 67 heavy (non-hydrogen) atoms. The Morgan fingerprint density at radius 1 is 0.433 bits per heavy atom. The van der Waals surface area contributed by atoms with E-state index < -0.39 is 15.3 Å². The monoisotopic (exact) mass is 881 g/mol. The van der Waals surface area contributed by atoms with Gasteiger partial charge >= 0.3 is 0 Å². The van der Waals surface area contributed by atoms with Crippen LogP contribution in [0.15, 0.2) is 186 Å². The zero-order valence-corrected chi connectivity index (χ0v) is 36.9. The number of fused-ring (bicyclic) bond motifs is 11. The SMILES string of the molecule is CC1(C)c2cc(-c3ccc4c(c3)c3ccccc3n4-c3nc(C#N)c(C#N)nc3-n3c4ccccc4c4ccccc43)ccc2S(=O)(=O)c2ccc(-n3c4ccccc4c4ccccc43)cc21. The van der Waals surface area contributed by atoms with Crippen molar-refractivity contribution in [1.29, 1.82) is 10.5 Å². The van der Waals surface area contributed by atoms with E-state index in [1.165, 1.54) is 0 Å². The molecule has 0 bridgehead atoms. The first kappa shape index (κ1) is 38.6. The minimum atomic E-state index is -3.86. The highest BCUT2D eigenvalue weighted by Crippen LogP contribution is 2.48. The van der Waals surface area contributed by atoms with Crippen LogP contribution in [0.1, 0.15) is 36.4 Å². The fraction of sp³-hybridized carbons (Fsp3) is 0.0526. The van der Waals surface area contributed by atoms with Gasteiger partial charge in [0.15, 0.2) is 23.0 Å². The van der Waals surface area contributed by atoms with Crippen molar-refractivity contribution in [3.63, 3.8) is 0 Å². The lowest BCUT2D eigenvalue weighted by Crippen LogP contribution is -2.30. The lowest BCUT2D eigenvalue weighted by molar-refractivity contribution is 0.555. The van der Waals surface area contributed by atoms with E-state index in [1.54, 1.807) is 12.1 Å². The second kappa shape index (κ2) is 13.8. The number of rotatable bonds is 4. The number of benzene rings is 8. The predicted molar refractivity (Wildman–Crippen MR) is 264 cm³/mol. The molecule has 0 spiro atoms. The molecule has 10 heteroatoms. The van der Waals surface area contributed by atoms with Gasteiger partial charge in [0.2, 0.25) is 9.84 Å². The number of nitrogens with zero attached hydrogens (tertiary/aromatic N) is 7. The second-order valence-corrected chi connectivity index (χ2v) is 19.5. The van der Waals surface area contributed by atoms with Crippen LogP contribution in [0.25, 0.3) is 93.9 Å². The van der Waals surface area contributed by atoms with Gasteiger partial charge in [-0.2, -0.15) is 10.5 Å². The third-order valence-electron chi connectivity index (χ3n) is 13.8. The van der Waals surface area contributed by atoms with E-state index in [0.29, 0.717) is 21.4 Å². The maximum Gasteiger partial charge on any atom is 0.207 e. The van der Waals surface area contributed by atoms with Crippen molar-refractivity contribution in [3.05, 3.63) is 198 Å². The molecule has 1 aliphatic heterocycles. The Morgan fingerprint density at radius 2 is 0.806 bits per heavy atom. The van der Waals surface area contributed by atoms with E-state index in [9.17, 15) is 18.9 Å². The summed E-state index contributed by atoms with van der Waals surface area (Å²) in [6.07, 6.45) is 0. The van der Waals surface area contributed by atoms with Gasteiger partial charge in [-0.3, -0.25) is 9.13 Å². The normalized spacial score (nSPS) is 13.9. The Balaban J connectivity index is 0.990. The van der Waals surface area contributed by atoms with Gasteiger partial charge in [-0.1, -0.05) is 117 Å². The second-order valence-electron chi connectivity index (χ2n) is 17.6. The molecule has 8 aromatic carbocycles. The number of hydrogen-bond donors (Lipinski definition) is 0. The van der Waals surface area contributed by atoms with Crippen molar-refractivity contribution in [2.45, 2.75) is 29.1 Å². The number of nitriles is 2. The molecule has 0 atom stereocenters. The van der Waals surface area contributed by atoms with Crippen molar-refractivity contribution >= 4 is 75.3 Å². The van der Waals surface area contributed by atoms with Crippen LogP contribution < -0.4 is 0 Å². The Morgan fingerprint density at radius 3 is 1.28 bits per heavy atom. The van der Waals surface area contributed by atoms with E-state index in [0.717, 1.165) is 93.4 Å². The number of hydrogen-bond acceptors (Lipinski definition) is 6. The van der Waals surface area contributed by atoms with Gasteiger partial charge in [-0.05, 0) is 95.1 Å². The maximum absolute atomic E-state index is 14.6. The summed E-state index contributed by atoms with van der Waals surface area (Å²) < 4.78 is 35.5. The van der Waals surface area contributed by atoms with Crippen LogP contribution in [0.4, 0.5) is 0 Å². The third-order valence-corrected chi connectivity index (χ3v) is 15.7. The van der Waals surface area contributed by atoms with Crippen molar-refractivity contribution in [2.24, 2.45) is 0 Å². The summed E-state index contributed by atoms with van der Waals surface area (Å²) >= 11 is 0. The molecule has 13 rings (SSSR count). The topological polar surface area (TPSA) is 122 Å². The van der Waals surface area contributed by atoms with E-state index >= 15 is 0 Å². The summed E-state index contributed by atoms with van der Waals surface area (Å²) in [5.74, 6) is 0.820. The van der Waals surface area contributed by atoms with E-state index in [2.05, 4.69) is 85.2 Å². The molecule has 4 aromatic heterocycles. The molecule has 1 aliphatic rings. The number of aromatic nitrogens is 5. The summed E-state index contributed by atoms with van der Waals surface area (Å²) in [4.78, 5) is 10.5. The van der Waals surface area contributed by atoms with Crippen LogP contribution in [0, 0.1) is 22.7 Å². The molecular formula is C57H35N7O2S. The van der Waals surface area contributed by atoms with Crippen LogP contribution in [0.2, 0.25) is 0 Å². The Labute approximate surface area is 384 Å². The van der Waals surface area contributed by atoms with Crippen LogP contribution in [-0.2, 0) is 15.3 Å². The highest BCUT2D eigenvalue weighted by Gasteiger charge is 2.41. The summed E-state index contributed by atoms with van der Waals surface area (Å²) in [5.41, 5.74) is 8.88. The predicted octanol–water partition coefficient (Wildman–Crippen LogP) is 12.7. The maximum atomic E-state index is 14.6. The summed E-state index contributed by atoms with van der Waals surface area (Å²) in [7, 11) is -3.86. The zero-order chi connectivity index (χ0) is 45.3. The highest BCUT2D eigenvalue weighted by atomic mass is 32.2. The molecular weight excluding hydrogens is 847 g/mol. The molecule has 12 aromatic rings. The molecule has 0 amide bonds. The fourth-order valence-corrected chi connectivity index (χ4v) is 12.6. The molecule has 5 heterocycles. The zero-order valence-electron chi connectivity index (χ0n) is 36.1. The third kappa shape index (κ3) is 5.30. The van der Waals surface area contributed by atoms with Crippen molar-refractivity contribution in [1.82, 2.24) is 23.7 Å². The van der Waals surface area contributed by atoms with Gasteiger partial charge in [-0.15, -0.1) is 0 Å². The molecule has 0 radical (unpaired) electrons. The smallest absolute Gasteiger partial charge is 0.207 e. The Bertz CT molecular complexity index is 4260. The van der Waals surface area contributed by atoms with E-state index in [4.69, 9.17) is 9.97 Å². The number of para-hydroxylation sites is 5. The van der Waals surface area contributed by atoms with Crippen LogP contribution in [0.3, 0.4) is 0 Å². The largest absolute Gasteiger partial charge is 0.309 e. The van der Waals surface area contributed by atoms with E-state index in [1.807, 2.05) is 118 Å². The van der Waals surface area contributed by atoms with Crippen molar-refractivity contribution in [2.75, 3.05) is 0 Å². The quantitative estimate of drug-likeness (QED) is 0.173. The van der Waals surface area contributed by atoms with Gasteiger partial charge in [0, 0.05) is 43.4 Å². The number of sulfone groups is 1. The molecule has 316 valence electrons. The van der Waals surface area contributed by atoms with Crippen LogP contribution >= 0.6 is 0 Å². The molecule has 0 unspecified atom stereocenters. The van der Waals surface area contributed by atoms with Gasteiger partial charge in [0.05, 0.1) is 42.9 Å². The molecule has 0 saturated heterocycles. The molecule has 0 aliphatic carbocycles. The Hall–Kier alpha value is -8.83. The van der Waals surface area contributed by atoms with Gasteiger partial charge in [0.1, 0.15) is 12.1 Å². The first-order valence-electron chi connectivity index (χ1n) is 21.9.